The predicted molar refractivity (Wildman–Crippen MR) is 174 cm³/mol. The Hall–Kier alpha value is -4.89. The lowest BCUT2D eigenvalue weighted by atomic mass is 9.81. The van der Waals surface area contributed by atoms with Crippen LogP contribution in [0, 0.1) is 0 Å². The van der Waals surface area contributed by atoms with Crippen molar-refractivity contribution in [1.29, 1.82) is 0 Å². The molecule has 2 aromatic heterocycles. The van der Waals surface area contributed by atoms with Crippen LogP contribution in [0.1, 0.15) is 53.9 Å². The Morgan fingerprint density at radius 3 is 2.44 bits per heavy atom. The second-order valence-electron chi connectivity index (χ2n) is 12.1. The van der Waals surface area contributed by atoms with E-state index in [1.807, 2.05) is 33.7 Å². The number of nitrogens with two attached hydrogens (primary N) is 1. The zero-order chi connectivity index (χ0) is 31.1. The molecule has 1 aliphatic heterocycles. The second-order valence-corrected chi connectivity index (χ2v) is 12.1. The molecule has 230 valence electrons. The van der Waals surface area contributed by atoms with Crippen LogP contribution in [0.15, 0.2) is 66.7 Å². The van der Waals surface area contributed by atoms with Gasteiger partial charge >= 0.3 is 5.97 Å². The number of morpholine rings is 1. The van der Waals surface area contributed by atoms with Gasteiger partial charge in [-0.2, -0.15) is 0 Å². The number of benzene rings is 3. The number of carbonyl (C=O) groups excluding carboxylic acids is 1. The van der Waals surface area contributed by atoms with Crippen molar-refractivity contribution < 1.29 is 24.5 Å². The summed E-state index contributed by atoms with van der Waals surface area (Å²) in [5.41, 5.74) is 12.7. The van der Waals surface area contributed by atoms with E-state index in [9.17, 15) is 19.8 Å². The fraction of sp³-hybridized carbons (Fsp3) is 0.306. The van der Waals surface area contributed by atoms with Gasteiger partial charge in [0.2, 0.25) is 5.91 Å². The van der Waals surface area contributed by atoms with E-state index in [0.29, 0.717) is 37.9 Å². The number of nitrogen functional groups attached to an aromatic ring is 1. The minimum Gasteiger partial charge on any atom is -0.506 e. The number of carbonyl (C=O) groups is 2. The molecule has 0 atom stereocenters. The molecule has 1 saturated heterocycles. The average molecular weight is 605 g/mol. The van der Waals surface area contributed by atoms with Gasteiger partial charge in [0.15, 0.2) is 0 Å². The number of aromatic carboxylic acids is 1. The van der Waals surface area contributed by atoms with E-state index in [4.69, 9.17) is 15.5 Å². The summed E-state index contributed by atoms with van der Waals surface area (Å²) in [6, 6.07) is 20.5. The van der Waals surface area contributed by atoms with Crippen LogP contribution in [0.25, 0.3) is 44.3 Å². The Labute approximate surface area is 260 Å². The van der Waals surface area contributed by atoms with Crippen molar-refractivity contribution in [1.82, 2.24) is 14.5 Å². The summed E-state index contributed by atoms with van der Waals surface area (Å²) < 4.78 is 7.54. The van der Waals surface area contributed by atoms with Crippen LogP contribution < -0.4 is 5.73 Å². The highest BCUT2D eigenvalue weighted by atomic mass is 16.5. The van der Waals surface area contributed by atoms with Gasteiger partial charge in [-0.3, -0.25) is 4.79 Å². The smallest absolute Gasteiger partial charge is 0.335 e. The van der Waals surface area contributed by atoms with E-state index in [1.165, 1.54) is 12.0 Å². The first-order valence-corrected chi connectivity index (χ1v) is 15.6. The first-order valence-electron chi connectivity index (χ1n) is 15.6. The zero-order valence-electron chi connectivity index (χ0n) is 25.0. The van der Waals surface area contributed by atoms with Gasteiger partial charge in [-0.1, -0.05) is 37.5 Å². The third-order valence-electron chi connectivity index (χ3n) is 9.31. The normalized spacial score (nSPS) is 16.0. The molecule has 7 rings (SSSR count). The van der Waals surface area contributed by atoms with Gasteiger partial charge in [-0.15, -0.1) is 0 Å². The van der Waals surface area contributed by atoms with E-state index >= 15 is 0 Å². The molecule has 3 aromatic carbocycles. The number of amides is 1. The zero-order valence-corrected chi connectivity index (χ0v) is 25.0. The molecule has 1 saturated carbocycles. The number of anilines is 1. The summed E-state index contributed by atoms with van der Waals surface area (Å²) in [4.78, 5) is 32.5. The fourth-order valence-electron chi connectivity index (χ4n) is 6.98. The molecule has 4 N–H and O–H groups in total. The summed E-state index contributed by atoms with van der Waals surface area (Å²) >= 11 is 0. The van der Waals surface area contributed by atoms with E-state index in [2.05, 4.69) is 12.1 Å². The molecule has 1 amide bonds. The van der Waals surface area contributed by atoms with Gasteiger partial charge in [-0.05, 0) is 78.4 Å². The van der Waals surface area contributed by atoms with Crippen LogP contribution >= 0.6 is 0 Å². The summed E-state index contributed by atoms with van der Waals surface area (Å²) in [7, 11) is 0. The number of phenolic OH excluding ortho intramolecular Hbond substituents is 1. The van der Waals surface area contributed by atoms with Crippen LogP contribution in [0.2, 0.25) is 0 Å². The van der Waals surface area contributed by atoms with E-state index in [0.717, 1.165) is 70.0 Å². The number of phenols is 1. The molecule has 1 aliphatic carbocycles. The number of hydrogen-bond donors (Lipinski definition) is 3. The van der Waals surface area contributed by atoms with E-state index in [1.54, 1.807) is 30.3 Å². The first-order chi connectivity index (χ1) is 21.9. The van der Waals surface area contributed by atoms with Crippen LogP contribution in [0.3, 0.4) is 0 Å². The van der Waals surface area contributed by atoms with E-state index in [-0.39, 0.29) is 23.8 Å². The summed E-state index contributed by atoms with van der Waals surface area (Å²) in [6.07, 6.45) is 5.60. The maximum atomic E-state index is 13.7. The molecule has 0 bridgehead atoms. The second kappa shape index (κ2) is 11.9. The first kappa shape index (κ1) is 28.9. The lowest BCUT2D eigenvalue weighted by Gasteiger charge is -2.28. The Morgan fingerprint density at radius 2 is 1.69 bits per heavy atom. The molecule has 5 aromatic rings. The van der Waals surface area contributed by atoms with Crippen molar-refractivity contribution in [2.24, 2.45) is 0 Å². The standard InChI is InChI=1S/C36H36N4O5/c37-28-19-24(9-13-32(28)41)30-11-7-23-18-25(8-12-29(23)38-30)35-34(22-4-2-1-3-5-22)27-10-6-26(36(43)44)20-31(27)40(35)21-33(42)39-14-16-45-17-15-39/h6-13,18-20,22,41H,1-5,14-17,21,37H2,(H,43,44). The van der Waals surface area contributed by atoms with Gasteiger partial charge in [-0.25, -0.2) is 9.78 Å². The highest BCUT2D eigenvalue weighted by Gasteiger charge is 2.29. The molecular weight excluding hydrogens is 568 g/mol. The Balaban J connectivity index is 1.40. The van der Waals surface area contributed by atoms with Crippen molar-refractivity contribution in [3.8, 4) is 28.3 Å². The number of fused-ring (bicyclic) bond motifs is 2. The lowest BCUT2D eigenvalue weighted by molar-refractivity contribution is -0.135. The quantitative estimate of drug-likeness (QED) is 0.151. The maximum Gasteiger partial charge on any atom is 0.335 e. The minimum atomic E-state index is -0.993. The molecule has 2 aliphatic rings. The number of aromatic hydroxyl groups is 1. The van der Waals surface area contributed by atoms with Crippen molar-refractivity contribution >= 4 is 39.4 Å². The van der Waals surface area contributed by atoms with Crippen molar-refractivity contribution in [3.63, 3.8) is 0 Å². The molecule has 2 fully saturated rings. The van der Waals surface area contributed by atoms with Crippen LogP contribution in [0.4, 0.5) is 5.69 Å². The molecule has 9 nitrogen and oxygen atoms in total. The molecule has 0 unspecified atom stereocenters. The minimum absolute atomic E-state index is 0.00681. The number of pyridine rings is 1. The summed E-state index contributed by atoms with van der Waals surface area (Å²) in [5.74, 6) is -0.653. The number of rotatable bonds is 6. The molecule has 0 spiro atoms. The monoisotopic (exact) mass is 604 g/mol. The van der Waals surface area contributed by atoms with Gasteiger partial charge in [0.05, 0.1) is 46.9 Å². The molecular formula is C36H36N4O5. The maximum absolute atomic E-state index is 13.7. The largest absolute Gasteiger partial charge is 0.506 e. The number of aromatic nitrogens is 2. The molecule has 9 heteroatoms. The lowest BCUT2D eigenvalue weighted by Crippen LogP contribution is -2.42. The highest BCUT2D eigenvalue weighted by Crippen LogP contribution is 2.45. The van der Waals surface area contributed by atoms with Gasteiger partial charge < -0.3 is 30.2 Å². The van der Waals surface area contributed by atoms with Crippen molar-refractivity contribution in [3.05, 3.63) is 77.9 Å². The fourth-order valence-corrected chi connectivity index (χ4v) is 6.98. The summed E-state index contributed by atoms with van der Waals surface area (Å²) in [5, 5.41) is 21.7. The number of carboxylic acid groups (broad SMARTS) is 1. The highest BCUT2D eigenvalue weighted by molar-refractivity contribution is 6.00. The number of hydrogen-bond acceptors (Lipinski definition) is 6. The van der Waals surface area contributed by atoms with Gasteiger partial charge in [0, 0.05) is 29.4 Å². The third-order valence-corrected chi connectivity index (χ3v) is 9.31. The van der Waals surface area contributed by atoms with Crippen molar-refractivity contribution in [2.75, 3.05) is 32.0 Å². The number of carboxylic acids is 1. The average Bonchev–Trinajstić information content (AvgIpc) is 3.39. The van der Waals surface area contributed by atoms with Crippen LogP contribution in [0.5, 0.6) is 5.75 Å². The van der Waals surface area contributed by atoms with Crippen LogP contribution in [-0.4, -0.2) is 62.8 Å². The van der Waals surface area contributed by atoms with Gasteiger partial charge in [0.1, 0.15) is 12.3 Å². The third kappa shape index (κ3) is 5.48. The number of nitrogens with zero attached hydrogens (tertiary/aromatic N) is 3. The van der Waals surface area contributed by atoms with Crippen molar-refractivity contribution in [2.45, 2.75) is 44.6 Å². The Morgan fingerprint density at radius 1 is 0.911 bits per heavy atom. The molecule has 45 heavy (non-hydrogen) atoms. The summed E-state index contributed by atoms with van der Waals surface area (Å²) in [6.45, 7) is 2.22. The SMILES string of the molecule is Nc1cc(-c2ccc3cc(-c4c(C5CCCCC5)c5ccc(C(=O)O)cc5n4CC(=O)N4CCOCC4)ccc3n2)ccc1O. The predicted octanol–water partition coefficient (Wildman–Crippen LogP) is 6.42. The van der Waals surface area contributed by atoms with E-state index < -0.39 is 5.97 Å². The Bertz CT molecular complexity index is 1940. The molecule has 3 heterocycles. The topological polar surface area (TPSA) is 131 Å². The Kier molecular flexibility index (Phi) is 7.63. The number of ether oxygens (including phenoxy) is 1. The van der Waals surface area contributed by atoms with Crippen LogP contribution in [-0.2, 0) is 16.1 Å². The van der Waals surface area contributed by atoms with Gasteiger partial charge in [0.25, 0.3) is 0 Å². The molecule has 0 radical (unpaired) electrons.